The minimum Gasteiger partial charge on any atom is -0.493 e. The predicted molar refractivity (Wildman–Crippen MR) is 95.7 cm³/mol. The van der Waals surface area contributed by atoms with Crippen molar-refractivity contribution in [1.82, 2.24) is 9.80 Å². The van der Waals surface area contributed by atoms with Crippen LogP contribution >= 0.6 is 0 Å². The molecule has 0 aliphatic carbocycles. The molecule has 1 aromatic rings. The first-order chi connectivity index (χ1) is 12.4. The van der Waals surface area contributed by atoms with Crippen molar-refractivity contribution < 1.29 is 24.2 Å². The first kappa shape index (κ1) is 19.8. The summed E-state index contributed by atoms with van der Waals surface area (Å²) in [6.07, 6.45) is 1.65. The van der Waals surface area contributed by atoms with Crippen molar-refractivity contribution in [3.05, 3.63) is 30.3 Å². The molecule has 1 aliphatic rings. The number of carboxylic acid groups (broad SMARTS) is 1. The average molecular weight is 362 g/mol. The summed E-state index contributed by atoms with van der Waals surface area (Å²) in [7, 11) is 1.50. The molecule has 0 saturated carbocycles. The number of para-hydroxylation sites is 1. The van der Waals surface area contributed by atoms with Crippen molar-refractivity contribution in [2.24, 2.45) is 5.92 Å². The summed E-state index contributed by atoms with van der Waals surface area (Å²) in [4.78, 5) is 38.9. The van der Waals surface area contributed by atoms with E-state index in [2.05, 4.69) is 0 Å². The van der Waals surface area contributed by atoms with Crippen LogP contribution in [-0.4, -0.2) is 65.5 Å². The number of hydrogen-bond acceptors (Lipinski definition) is 4. The van der Waals surface area contributed by atoms with Crippen LogP contribution in [0.1, 0.15) is 26.2 Å². The molecule has 1 heterocycles. The minimum absolute atomic E-state index is 0.0487. The van der Waals surface area contributed by atoms with Gasteiger partial charge in [0.15, 0.2) is 0 Å². The van der Waals surface area contributed by atoms with E-state index in [0.717, 1.165) is 12.2 Å². The van der Waals surface area contributed by atoms with Gasteiger partial charge in [0.25, 0.3) is 0 Å². The van der Waals surface area contributed by atoms with Crippen molar-refractivity contribution in [2.45, 2.75) is 32.2 Å². The smallest absolute Gasteiger partial charge is 0.326 e. The number of carbonyl (C=O) groups excluding carboxylic acids is 2. The third kappa shape index (κ3) is 5.21. The Balaban J connectivity index is 1.83. The molecule has 7 heteroatoms. The van der Waals surface area contributed by atoms with Gasteiger partial charge in [-0.1, -0.05) is 18.2 Å². The second-order valence-electron chi connectivity index (χ2n) is 6.55. The number of amides is 2. The second kappa shape index (κ2) is 9.22. The molecule has 2 amide bonds. The van der Waals surface area contributed by atoms with E-state index in [4.69, 9.17) is 9.84 Å². The lowest BCUT2D eigenvalue weighted by atomic mass is 9.96. The molecule has 0 aromatic heterocycles. The van der Waals surface area contributed by atoms with Crippen LogP contribution in [0.25, 0.3) is 0 Å². The number of aliphatic carboxylic acids is 1. The van der Waals surface area contributed by atoms with Gasteiger partial charge >= 0.3 is 5.97 Å². The molecule has 1 aromatic carbocycles. The Hall–Kier alpha value is -2.57. The van der Waals surface area contributed by atoms with Gasteiger partial charge in [-0.2, -0.15) is 0 Å². The third-order valence-electron chi connectivity index (χ3n) is 4.74. The summed E-state index contributed by atoms with van der Waals surface area (Å²) >= 11 is 0. The van der Waals surface area contributed by atoms with Gasteiger partial charge in [0.1, 0.15) is 11.8 Å². The number of hydrogen-bond donors (Lipinski definition) is 1. The molecule has 1 saturated heterocycles. The largest absolute Gasteiger partial charge is 0.493 e. The molecular formula is C19H26N2O5. The molecule has 0 radical (unpaired) electrons. The van der Waals surface area contributed by atoms with Gasteiger partial charge in [0.05, 0.1) is 18.9 Å². The van der Waals surface area contributed by atoms with E-state index in [1.165, 1.54) is 18.9 Å². The van der Waals surface area contributed by atoms with Crippen molar-refractivity contribution in [1.29, 1.82) is 0 Å². The molecule has 1 N–H and O–H groups in total. The highest BCUT2D eigenvalue weighted by Crippen LogP contribution is 2.20. The van der Waals surface area contributed by atoms with Gasteiger partial charge in [0.2, 0.25) is 11.8 Å². The van der Waals surface area contributed by atoms with Gasteiger partial charge in [-0.3, -0.25) is 9.59 Å². The predicted octanol–water partition coefficient (Wildman–Crippen LogP) is 1.63. The summed E-state index contributed by atoms with van der Waals surface area (Å²) < 4.78 is 5.55. The van der Waals surface area contributed by atoms with E-state index in [-0.39, 0.29) is 30.8 Å². The number of benzene rings is 1. The fraction of sp³-hybridized carbons (Fsp3) is 0.526. The van der Waals surface area contributed by atoms with Crippen molar-refractivity contribution in [3.63, 3.8) is 0 Å². The first-order valence-corrected chi connectivity index (χ1v) is 8.85. The zero-order valence-electron chi connectivity index (χ0n) is 15.3. The maximum atomic E-state index is 12.5. The van der Waals surface area contributed by atoms with Crippen molar-refractivity contribution in [3.8, 4) is 5.75 Å². The summed E-state index contributed by atoms with van der Waals surface area (Å²) in [5, 5.41) is 9.06. The van der Waals surface area contributed by atoms with Gasteiger partial charge in [-0.05, 0) is 31.9 Å². The molecule has 0 bridgehead atoms. The third-order valence-corrected chi connectivity index (χ3v) is 4.74. The van der Waals surface area contributed by atoms with Crippen LogP contribution in [0.4, 0.5) is 0 Å². The van der Waals surface area contributed by atoms with Crippen LogP contribution in [0.15, 0.2) is 30.3 Å². The fourth-order valence-electron chi connectivity index (χ4n) is 2.98. The average Bonchev–Trinajstić information content (AvgIpc) is 2.67. The van der Waals surface area contributed by atoms with E-state index < -0.39 is 12.0 Å². The summed E-state index contributed by atoms with van der Waals surface area (Å²) in [5.74, 6) is -0.946. The van der Waals surface area contributed by atoms with Crippen molar-refractivity contribution >= 4 is 17.8 Å². The molecule has 142 valence electrons. The number of piperidine rings is 1. The van der Waals surface area contributed by atoms with Crippen LogP contribution in [0.2, 0.25) is 0 Å². The molecule has 7 nitrogen and oxygen atoms in total. The van der Waals surface area contributed by atoms with Gasteiger partial charge in [0, 0.05) is 20.1 Å². The zero-order chi connectivity index (χ0) is 19.1. The molecule has 2 rings (SSSR count). The topological polar surface area (TPSA) is 87.2 Å². The van der Waals surface area contributed by atoms with Gasteiger partial charge < -0.3 is 19.6 Å². The molecular weight excluding hydrogens is 336 g/mol. The highest BCUT2D eigenvalue weighted by atomic mass is 16.5. The standard InChI is InChI=1S/C19H26N2O5/c1-14(19(24)25)20(2)18(23)15-7-6-11-21(13-15)17(22)10-12-26-16-8-4-3-5-9-16/h3-5,8-9,14-15H,6-7,10-13H2,1-2H3,(H,24,25). The van der Waals surface area contributed by atoms with E-state index in [1.807, 2.05) is 30.3 Å². The lowest BCUT2D eigenvalue weighted by molar-refractivity contribution is -0.151. The summed E-state index contributed by atoms with van der Waals surface area (Å²) in [5.41, 5.74) is 0. The Labute approximate surface area is 153 Å². The highest BCUT2D eigenvalue weighted by molar-refractivity contribution is 5.85. The fourth-order valence-corrected chi connectivity index (χ4v) is 2.98. The SMILES string of the molecule is CC(C(=O)O)N(C)C(=O)C1CCCN(C(=O)CCOc2ccccc2)C1. The molecule has 26 heavy (non-hydrogen) atoms. The number of likely N-dealkylation sites (tertiary alicyclic amines) is 1. The van der Waals surface area contributed by atoms with Crippen LogP contribution < -0.4 is 4.74 Å². The number of carbonyl (C=O) groups is 3. The Morgan fingerprint density at radius 3 is 2.65 bits per heavy atom. The summed E-state index contributed by atoms with van der Waals surface area (Å²) in [6, 6.07) is 8.41. The lowest BCUT2D eigenvalue weighted by Crippen LogP contribution is -2.49. The molecule has 1 fully saturated rings. The van der Waals surface area contributed by atoms with Crippen LogP contribution in [0, 0.1) is 5.92 Å². The number of ether oxygens (including phenoxy) is 1. The first-order valence-electron chi connectivity index (χ1n) is 8.85. The highest BCUT2D eigenvalue weighted by Gasteiger charge is 2.32. The normalized spacial score (nSPS) is 18.1. The van der Waals surface area contributed by atoms with E-state index in [9.17, 15) is 14.4 Å². The molecule has 0 spiro atoms. The number of likely N-dealkylation sites (N-methyl/N-ethyl adjacent to an activating group) is 1. The maximum absolute atomic E-state index is 12.5. The van der Waals surface area contributed by atoms with E-state index >= 15 is 0 Å². The minimum atomic E-state index is -1.04. The van der Waals surface area contributed by atoms with E-state index in [0.29, 0.717) is 19.5 Å². The maximum Gasteiger partial charge on any atom is 0.326 e. The van der Waals surface area contributed by atoms with Crippen LogP contribution in [-0.2, 0) is 14.4 Å². The number of nitrogens with zero attached hydrogens (tertiary/aromatic N) is 2. The zero-order valence-corrected chi connectivity index (χ0v) is 15.3. The van der Waals surface area contributed by atoms with E-state index in [1.54, 1.807) is 4.90 Å². The molecule has 2 unspecified atom stereocenters. The number of carboxylic acids is 1. The second-order valence-corrected chi connectivity index (χ2v) is 6.55. The lowest BCUT2D eigenvalue weighted by Gasteiger charge is -2.35. The quantitative estimate of drug-likeness (QED) is 0.796. The monoisotopic (exact) mass is 362 g/mol. The molecule has 2 atom stereocenters. The van der Waals surface area contributed by atoms with Crippen LogP contribution in [0.5, 0.6) is 5.75 Å². The van der Waals surface area contributed by atoms with Gasteiger partial charge in [-0.15, -0.1) is 0 Å². The van der Waals surface area contributed by atoms with Crippen LogP contribution in [0.3, 0.4) is 0 Å². The Kier molecular flexibility index (Phi) is 7.00. The van der Waals surface area contributed by atoms with Crippen molar-refractivity contribution in [2.75, 3.05) is 26.7 Å². The van der Waals surface area contributed by atoms with Gasteiger partial charge in [-0.25, -0.2) is 4.79 Å². The molecule has 1 aliphatic heterocycles. The summed E-state index contributed by atoms with van der Waals surface area (Å²) in [6.45, 7) is 2.71. The Morgan fingerprint density at radius 2 is 2.00 bits per heavy atom. The Morgan fingerprint density at radius 1 is 1.31 bits per heavy atom. The Bertz CT molecular complexity index is 634. The number of rotatable bonds is 7.